The lowest BCUT2D eigenvalue weighted by atomic mass is 10.1. The first-order chi connectivity index (χ1) is 14.9. The van der Waals surface area contributed by atoms with E-state index in [0.29, 0.717) is 22.9 Å². The van der Waals surface area contributed by atoms with Crippen molar-refractivity contribution in [3.8, 4) is 5.75 Å². The molecule has 3 rings (SSSR count). The van der Waals surface area contributed by atoms with Crippen LogP contribution in [0.2, 0.25) is 5.02 Å². The number of ether oxygens (including phenoxy) is 2. The number of amides is 1. The van der Waals surface area contributed by atoms with Gasteiger partial charge in [-0.2, -0.15) is 0 Å². The van der Waals surface area contributed by atoms with E-state index in [1.54, 1.807) is 24.3 Å². The molecule has 2 N–H and O–H groups in total. The highest BCUT2D eigenvalue weighted by molar-refractivity contribution is 6.32. The van der Waals surface area contributed by atoms with Gasteiger partial charge in [-0.25, -0.2) is 9.89 Å². The molecule has 1 atom stereocenters. The molecule has 1 heterocycles. The van der Waals surface area contributed by atoms with E-state index in [-0.39, 0.29) is 24.3 Å². The smallest absolute Gasteiger partial charge is 0.305 e. The number of hydrogen-bond acceptors (Lipinski definition) is 6. The summed E-state index contributed by atoms with van der Waals surface area (Å²) in [5, 5.41) is 18.6. The predicted molar refractivity (Wildman–Crippen MR) is 120 cm³/mol. The van der Waals surface area contributed by atoms with Gasteiger partial charge in [0.2, 0.25) is 0 Å². The van der Waals surface area contributed by atoms with Crippen molar-refractivity contribution in [1.82, 2.24) is 0 Å². The molecular weight excluding hydrogens is 420 g/mol. The molecule has 0 aromatic heterocycles. The van der Waals surface area contributed by atoms with Crippen LogP contribution in [0.4, 0.5) is 5.69 Å². The van der Waals surface area contributed by atoms with Gasteiger partial charge in [0, 0.05) is 6.54 Å². The third-order valence-electron chi connectivity index (χ3n) is 4.53. The molecule has 164 valence electrons. The number of halogens is 1. The molecule has 2 aromatic rings. The molecule has 7 nitrogen and oxygen atoms in total. The molecule has 1 fully saturated rings. The lowest BCUT2D eigenvalue weighted by Crippen LogP contribution is -2.30. The Morgan fingerprint density at radius 3 is 2.74 bits per heavy atom. The second-order valence-corrected chi connectivity index (χ2v) is 7.45. The van der Waals surface area contributed by atoms with Crippen molar-refractivity contribution in [3.05, 3.63) is 64.4 Å². The summed E-state index contributed by atoms with van der Waals surface area (Å²) in [5.41, 5.74) is 2.29. The number of nitrogens with zero attached hydrogens (tertiary/aromatic N) is 2. The Hall–Kier alpha value is -2.87. The van der Waals surface area contributed by atoms with Crippen LogP contribution in [0.3, 0.4) is 0 Å². The minimum absolute atomic E-state index is 0.0824. The second kappa shape index (κ2) is 10.4. The highest BCUT2D eigenvalue weighted by Crippen LogP contribution is 2.31. The number of para-hydroxylation sites is 1. The zero-order valence-electron chi connectivity index (χ0n) is 17.4. The van der Waals surface area contributed by atoms with Crippen molar-refractivity contribution in [1.29, 1.82) is 0 Å². The van der Waals surface area contributed by atoms with Gasteiger partial charge in [-0.15, -0.1) is 0 Å². The van der Waals surface area contributed by atoms with Crippen LogP contribution in [0.1, 0.15) is 24.5 Å². The summed E-state index contributed by atoms with van der Waals surface area (Å²) >= 11 is 6.26. The van der Waals surface area contributed by atoms with Gasteiger partial charge >= 0.3 is 11.9 Å². The number of aliphatic hydroxyl groups excluding tert-OH is 2. The van der Waals surface area contributed by atoms with Gasteiger partial charge < -0.3 is 19.7 Å². The molecule has 0 radical (unpaired) electrons. The Balaban J connectivity index is 1.88. The van der Waals surface area contributed by atoms with Gasteiger partial charge in [0.25, 0.3) is 0 Å². The Kier molecular flexibility index (Phi) is 7.68. The van der Waals surface area contributed by atoms with Gasteiger partial charge in [-0.1, -0.05) is 42.8 Å². The number of aliphatic imine (C=N–C) groups is 1. The average Bonchev–Trinajstić information content (AvgIpc) is 3.06. The van der Waals surface area contributed by atoms with E-state index >= 15 is 0 Å². The van der Waals surface area contributed by atoms with Gasteiger partial charge in [-0.05, 0) is 48.7 Å². The first-order valence-electron chi connectivity index (χ1n) is 10.00. The van der Waals surface area contributed by atoms with Crippen molar-refractivity contribution < 1.29 is 24.5 Å². The summed E-state index contributed by atoms with van der Waals surface area (Å²) in [6, 6.07) is 12.8. The fourth-order valence-electron chi connectivity index (χ4n) is 2.93. The number of rotatable bonds is 8. The fourth-order valence-corrected chi connectivity index (χ4v) is 3.17. The van der Waals surface area contributed by atoms with Gasteiger partial charge in [-0.3, -0.25) is 4.79 Å². The van der Waals surface area contributed by atoms with Crippen LogP contribution >= 0.6 is 11.6 Å². The molecule has 8 heteroatoms. The molecule has 1 saturated heterocycles. The normalized spacial score (nSPS) is 17.3. The number of amidine groups is 1. The molecule has 1 aliphatic rings. The molecule has 1 aliphatic heterocycles. The third-order valence-corrected chi connectivity index (χ3v) is 4.82. The number of aryl methyl sites for hydroxylation is 1. The van der Waals surface area contributed by atoms with Crippen LogP contribution in [-0.4, -0.2) is 48.0 Å². The second-order valence-electron chi connectivity index (χ2n) is 7.04. The fraction of sp³-hybridized carbons (Fsp3) is 0.304. The zero-order valence-corrected chi connectivity index (χ0v) is 18.2. The van der Waals surface area contributed by atoms with E-state index in [1.165, 1.54) is 4.90 Å². The Morgan fingerprint density at radius 1 is 1.29 bits per heavy atom. The minimum atomic E-state index is -0.990. The van der Waals surface area contributed by atoms with Crippen LogP contribution in [0.15, 0.2) is 53.2 Å². The standard InChI is InChI=1S/C23H25ClN2O5/c1-3-10-25-23-26(19-7-5-4-6-15(19)2)22(29)21(31-23)12-16-8-9-20(18(24)11-16)30-14-17(28)13-27/h4-9,11-12,17,27-28H,3,10,13-14H2,1-2H3/b21-12+,25-23?/t17-/m1/s1. The third kappa shape index (κ3) is 5.44. The van der Waals surface area contributed by atoms with Gasteiger partial charge in [0.1, 0.15) is 18.5 Å². The van der Waals surface area contributed by atoms with Crippen molar-refractivity contribution in [2.45, 2.75) is 26.4 Å². The van der Waals surface area contributed by atoms with Crippen LogP contribution in [-0.2, 0) is 9.53 Å². The summed E-state index contributed by atoms with van der Waals surface area (Å²) in [6.45, 7) is 3.98. The molecule has 1 amide bonds. The van der Waals surface area contributed by atoms with Crippen LogP contribution in [0.25, 0.3) is 6.08 Å². The number of hydrogen-bond donors (Lipinski definition) is 2. The van der Waals surface area contributed by atoms with Crippen LogP contribution in [0.5, 0.6) is 5.75 Å². The molecule has 0 spiro atoms. The first-order valence-corrected chi connectivity index (χ1v) is 10.4. The average molecular weight is 445 g/mol. The number of aliphatic hydroxyl groups is 2. The number of anilines is 1. The quantitative estimate of drug-likeness (QED) is 0.607. The van der Waals surface area contributed by atoms with E-state index in [4.69, 9.17) is 26.2 Å². The summed E-state index contributed by atoms with van der Waals surface area (Å²) < 4.78 is 11.2. The van der Waals surface area contributed by atoms with Crippen LogP contribution in [0, 0.1) is 6.92 Å². The first kappa shape index (κ1) is 22.8. The molecule has 31 heavy (non-hydrogen) atoms. The maximum atomic E-state index is 13.1. The molecule has 0 aliphatic carbocycles. The molecule has 0 unspecified atom stereocenters. The summed E-state index contributed by atoms with van der Waals surface area (Å²) in [4.78, 5) is 19.1. The Bertz CT molecular complexity index is 1010. The lowest BCUT2D eigenvalue weighted by Gasteiger charge is -2.15. The number of carbonyl (C=O) groups is 1. The Morgan fingerprint density at radius 2 is 2.06 bits per heavy atom. The minimum Gasteiger partial charge on any atom is -0.489 e. The molecule has 0 saturated carbocycles. The van der Waals surface area contributed by atoms with Crippen molar-refractivity contribution in [2.24, 2.45) is 4.99 Å². The van der Waals surface area contributed by atoms with Crippen molar-refractivity contribution >= 4 is 35.3 Å². The summed E-state index contributed by atoms with van der Waals surface area (Å²) in [7, 11) is 0. The monoisotopic (exact) mass is 444 g/mol. The maximum Gasteiger partial charge on any atom is 0.305 e. The van der Waals surface area contributed by atoms with E-state index in [0.717, 1.165) is 17.7 Å². The van der Waals surface area contributed by atoms with E-state index in [9.17, 15) is 9.90 Å². The van der Waals surface area contributed by atoms with Gasteiger partial charge in [0.05, 0.1) is 17.3 Å². The van der Waals surface area contributed by atoms with Crippen molar-refractivity contribution in [2.75, 3.05) is 24.7 Å². The topological polar surface area (TPSA) is 91.6 Å². The maximum absolute atomic E-state index is 13.1. The SMILES string of the molecule is CCCN=C1O/C(=C/c2ccc(OC[C@H](O)CO)c(Cl)c2)C(=O)N1c1ccccc1C. The highest BCUT2D eigenvalue weighted by Gasteiger charge is 2.36. The predicted octanol–water partition coefficient (Wildman–Crippen LogP) is 3.55. The van der Waals surface area contributed by atoms with Crippen LogP contribution < -0.4 is 9.64 Å². The molecule has 2 aromatic carbocycles. The van der Waals surface area contributed by atoms with E-state index in [1.807, 2.05) is 38.1 Å². The lowest BCUT2D eigenvalue weighted by molar-refractivity contribution is -0.114. The number of carbonyl (C=O) groups excluding carboxylic acids is 1. The largest absolute Gasteiger partial charge is 0.489 e. The molecule has 0 bridgehead atoms. The molecular formula is C23H25ClN2O5. The van der Waals surface area contributed by atoms with E-state index in [2.05, 4.69) is 4.99 Å². The summed E-state index contributed by atoms with van der Waals surface area (Å²) in [6.07, 6.45) is 1.43. The number of benzene rings is 2. The van der Waals surface area contributed by atoms with Gasteiger partial charge in [0.15, 0.2) is 5.76 Å². The summed E-state index contributed by atoms with van der Waals surface area (Å²) in [5.74, 6) is 0.187. The zero-order chi connectivity index (χ0) is 22.4. The van der Waals surface area contributed by atoms with E-state index < -0.39 is 12.7 Å². The Labute approximate surface area is 186 Å². The van der Waals surface area contributed by atoms with Crippen molar-refractivity contribution in [3.63, 3.8) is 0 Å². The highest BCUT2D eigenvalue weighted by atomic mass is 35.5.